The van der Waals surface area contributed by atoms with E-state index in [1.165, 1.54) is 36.4 Å². The molecule has 0 spiro atoms. The van der Waals surface area contributed by atoms with Crippen LogP contribution in [0.3, 0.4) is 0 Å². The van der Waals surface area contributed by atoms with Crippen LogP contribution in [0.25, 0.3) is 0 Å². The van der Waals surface area contributed by atoms with Crippen LogP contribution in [-0.4, -0.2) is 9.85 Å². The Balaban J connectivity index is 1.75. The van der Waals surface area contributed by atoms with E-state index in [1.807, 2.05) is 0 Å². The largest absolute Gasteiger partial charge is 0.450 e. The quantitative estimate of drug-likeness (QED) is 0.184. The first kappa shape index (κ1) is 22.7. The Labute approximate surface area is 204 Å². The molecule has 4 aromatic rings. The topological polar surface area (TPSA) is 123 Å². The van der Waals surface area contributed by atoms with Gasteiger partial charge >= 0.3 is 11.4 Å². The van der Waals surface area contributed by atoms with Crippen molar-refractivity contribution >= 4 is 11.4 Å². The summed E-state index contributed by atoms with van der Waals surface area (Å²) >= 11 is 0. The Bertz CT molecular complexity index is 1330. The van der Waals surface area contributed by atoms with Gasteiger partial charge in [-0.3, -0.25) is 20.2 Å². The van der Waals surface area contributed by atoms with E-state index < -0.39 is 9.85 Å². The van der Waals surface area contributed by atoms with Gasteiger partial charge in [0.2, 0.25) is 23.0 Å². The second-order valence-electron chi connectivity index (χ2n) is 8.09. The zero-order valence-corrected chi connectivity index (χ0v) is 19.1. The van der Waals surface area contributed by atoms with Crippen LogP contribution in [0.5, 0.6) is 46.0 Å². The van der Waals surface area contributed by atoms with Gasteiger partial charge in [-0.2, -0.15) is 0 Å². The summed E-state index contributed by atoms with van der Waals surface area (Å²) in [5.74, 6) is 0.791. The summed E-state index contributed by atoms with van der Waals surface area (Å²) < 4.78 is 23.5. The molecule has 5 rings (SSSR count). The molecule has 0 fully saturated rings. The highest BCUT2D eigenvalue weighted by molar-refractivity contribution is 5.63. The van der Waals surface area contributed by atoms with Gasteiger partial charge in [-0.05, 0) is 73.5 Å². The Morgan fingerprint density at radius 2 is 0.806 bits per heavy atom. The smallest absolute Gasteiger partial charge is 0.353 e. The number of benzene rings is 4. The maximum Gasteiger partial charge on any atom is 0.353 e. The molecule has 0 saturated carbocycles. The fourth-order valence-corrected chi connectivity index (χ4v) is 3.81. The maximum atomic E-state index is 12.0. The minimum atomic E-state index is -0.578. The molecule has 0 N–H and O–H groups in total. The van der Waals surface area contributed by atoms with Crippen molar-refractivity contribution in [2.75, 3.05) is 0 Å². The second kappa shape index (κ2) is 8.91. The molecule has 0 radical (unpaired) electrons. The lowest BCUT2D eigenvalue weighted by Crippen LogP contribution is -2.00. The lowest BCUT2D eigenvalue weighted by atomic mass is 10.1. The number of nitrogens with zero attached hydrogens (tertiary/aromatic N) is 2. The molecular weight excluding hydrogens is 468 g/mol. The van der Waals surface area contributed by atoms with Crippen LogP contribution in [0.15, 0.2) is 72.8 Å². The molecule has 1 heterocycles. The third-order valence-corrected chi connectivity index (χ3v) is 5.26. The van der Waals surface area contributed by atoms with E-state index in [4.69, 9.17) is 18.9 Å². The number of fused-ring (bicyclic) bond motifs is 8. The Morgan fingerprint density at radius 1 is 0.528 bits per heavy atom. The highest BCUT2D eigenvalue weighted by Crippen LogP contribution is 2.46. The van der Waals surface area contributed by atoms with Crippen LogP contribution in [0.4, 0.5) is 11.4 Å². The third-order valence-electron chi connectivity index (χ3n) is 5.26. The van der Waals surface area contributed by atoms with Gasteiger partial charge in [-0.1, -0.05) is 12.1 Å². The number of rotatable bonds is 2. The molecule has 0 unspecified atom stereocenters. The molecule has 10 nitrogen and oxygen atoms in total. The summed E-state index contributed by atoms with van der Waals surface area (Å²) in [4.78, 5) is 22.9. The second-order valence-corrected chi connectivity index (χ2v) is 8.09. The van der Waals surface area contributed by atoms with E-state index >= 15 is 0 Å². The summed E-state index contributed by atoms with van der Waals surface area (Å²) in [6, 6.07) is 18.6. The predicted octanol–water partition coefficient (Wildman–Crippen LogP) is 7.60. The molecule has 1 aliphatic rings. The number of hydrogen-bond donors (Lipinski definition) is 0. The van der Waals surface area contributed by atoms with Crippen molar-refractivity contribution in [3.63, 3.8) is 0 Å². The van der Waals surface area contributed by atoms with Crippen molar-refractivity contribution < 1.29 is 28.8 Å². The van der Waals surface area contributed by atoms with Gasteiger partial charge in [0.05, 0.1) is 9.85 Å². The SMILES string of the molecule is Cc1cc2c([N+](=O)[O-])c(c1)Oc1cccc(c1)Oc1cc(C)cc(c1[N+](=O)[O-])Oc1cccc(c1)O2. The van der Waals surface area contributed by atoms with Crippen molar-refractivity contribution in [3.8, 4) is 46.0 Å². The van der Waals surface area contributed by atoms with Crippen molar-refractivity contribution in [2.45, 2.75) is 13.8 Å². The zero-order valence-electron chi connectivity index (χ0n) is 19.1. The number of nitro benzene ring substituents is 2. The average Bonchev–Trinajstić information content (AvgIpc) is 2.78. The lowest BCUT2D eigenvalue weighted by molar-refractivity contribution is -0.386. The van der Waals surface area contributed by atoms with E-state index in [9.17, 15) is 20.2 Å². The Hall–Kier alpha value is -5.12. The molecular formula is C26H18N2O8. The van der Waals surface area contributed by atoms with Crippen molar-refractivity contribution in [1.82, 2.24) is 0 Å². The fourth-order valence-electron chi connectivity index (χ4n) is 3.81. The van der Waals surface area contributed by atoms with Crippen LogP contribution in [-0.2, 0) is 0 Å². The van der Waals surface area contributed by atoms with E-state index in [1.54, 1.807) is 50.2 Å². The molecule has 0 aromatic heterocycles. The van der Waals surface area contributed by atoms with Crippen LogP contribution in [0.1, 0.15) is 11.1 Å². The van der Waals surface area contributed by atoms with E-state index in [0.29, 0.717) is 11.1 Å². The first-order valence-electron chi connectivity index (χ1n) is 10.8. The summed E-state index contributed by atoms with van der Waals surface area (Å²) in [6.07, 6.45) is 0. The summed E-state index contributed by atoms with van der Waals surface area (Å²) in [6.45, 7) is 3.52. The van der Waals surface area contributed by atoms with E-state index in [0.717, 1.165) is 0 Å². The lowest BCUT2D eigenvalue weighted by Gasteiger charge is -2.15. The maximum absolute atomic E-state index is 12.0. The van der Waals surface area contributed by atoms with Crippen molar-refractivity contribution in [1.29, 1.82) is 0 Å². The molecule has 0 atom stereocenters. The number of hydrogen-bond acceptors (Lipinski definition) is 8. The van der Waals surface area contributed by atoms with Crippen molar-refractivity contribution in [2.24, 2.45) is 0 Å². The van der Waals surface area contributed by atoms with Gasteiger partial charge < -0.3 is 18.9 Å². The number of aryl methyl sites for hydroxylation is 2. The van der Waals surface area contributed by atoms with E-state index in [-0.39, 0.29) is 57.4 Å². The monoisotopic (exact) mass is 486 g/mol. The Morgan fingerprint density at radius 3 is 1.06 bits per heavy atom. The number of nitro groups is 2. The van der Waals surface area contributed by atoms with Crippen molar-refractivity contribution in [3.05, 3.63) is 104 Å². The first-order valence-corrected chi connectivity index (χ1v) is 10.8. The molecule has 36 heavy (non-hydrogen) atoms. The van der Waals surface area contributed by atoms with E-state index in [2.05, 4.69) is 0 Å². The Kier molecular flexibility index (Phi) is 5.61. The van der Waals surface area contributed by atoms with Gasteiger partial charge in [0.25, 0.3) is 0 Å². The van der Waals surface area contributed by atoms with Gasteiger partial charge in [0, 0.05) is 12.1 Å². The first-order chi connectivity index (χ1) is 17.3. The normalized spacial score (nSPS) is 11.8. The molecule has 0 saturated heterocycles. The van der Waals surface area contributed by atoms with Gasteiger partial charge in [0.15, 0.2) is 0 Å². The minimum Gasteiger partial charge on any atom is -0.450 e. The van der Waals surface area contributed by atoms with Gasteiger partial charge in [-0.25, -0.2) is 0 Å². The predicted molar refractivity (Wildman–Crippen MR) is 129 cm³/mol. The molecule has 1 aliphatic heterocycles. The van der Waals surface area contributed by atoms with Gasteiger partial charge in [-0.15, -0.1) is 0 Å². The summed E-state index contributed by atoms with van der Waals surface area (Å²) in [7, 11) is 0. The molecule has 4 aromatic carbocycles. The summed E-state index contributed by atoms with van der Waals surface area (Å²) in [5.41, 5.74) is 0.629. The standard InChI is InChI=1S/C26H18N2O8/c1-15-9-21-25(27(29)30)22(10-15)34-18-6-4-8-20(14-18)36-24-12-16(2)11-23(26(24)28(31)32)35-19-7-3-5-17(13-19)33-21/h3-14H,1-2H3. The summed E-state index contributed by atoms with van der Waals surface area (Å²) in [5, 5.41) is 24.0. The third kappa shape index (κ3) is 4.47. The highest BCUT2D eigenvalue weighted by Gasteiger charge is 2.27. The molecule has 8 bridgehead atoms. The molecule has 180 valence electrons. The average molecular weight is 486 g/mol. The van der Waals surface area contributed by atoms with Gasteiger partial charge in [0.1, 0.15) is 23.0 Å². The van der Waals surface area contributed by atoms with Crippen LogP contribution in [0.2, 0.25) is 0 Å². The molecule has 0 amide bonds. The van der Waals surface area contributed by atoms with Crippen LogP contribution < -0.4 is 18.9 Å². The number of ether oxygens (including phenoxy) is 4. The molecule has 0 aliphatic carbocycles. The minimum absolute atomic E-state index is 0.0320. The highest BCUT2D eigenvalue weighted by atomic mass is 16.6. The molecule has 10 heteroatoms. The van der Waals surface area contributed by atoms with Crippen LogP contribution in [0, 0.1) is 34.1 Å². The zero-order chi connectivity index (χ0) is 25.4. The fraction of sp³-hybridized carbons (Fsp3) is 0.0769. The van der Waals surface area contributed by atoms with Crippen LogP contribution >= 0.6 is 0 Å².